The molecular formula is C26H31N5O3. The lowest BCUT2D eigenvalue weighted by Crippen LogP contribution is -2.40. The van der Waals surface area contributed by atoms with Gasteiger partial charge in [-0.05, 0) is 50.6 Å². The summed E-state index contributed by atoms with van der Waals surface area (Å²) < 4.78 is 5.66. The molecule has 34 heavy (non-hydrogen) atoms. The summed E-state index contributed by atoms with van der Waals surface area (Å²) in [6.07, 6.45) is 3.45. The van der Waals surface area contributed by atoms with E-state index in [4.69, 9.17) is 15.9 Å². The molecule has 0 radical (unpaired) electrons. The van der Waals surface area contributed by atoms with Crippen molar-refractivity contribution in [2.45, 2.75) is 32.1 Å². The van der Waals surface area contributed by atoms with Gasteiger partial charge in [0.1, 0.15) is 11.3 Å². The van der Waals surface area contributed by atoms with Gasteiger partial charge < -0.3 is 25.9 Å². The average molecular weight is 462 g/mol. The maximum atomic E-state index is 13.3. The van der Waals surface area contributed by atoms with Gasteiger partial charge in [0.15, 0.2) is 0 Å². The van der Waals surface area contributed by atoms with Crippen LogP contribution in [0.1, 0.15) is 43.2 Å². The second-order valence-electron chi connectivity index (χ2n) is 8.77. The number of hydrogen-bond acceptors (Lipinski definition) is 6. The van der Waals surface area contributed by atoms with Gasteiger partial charge in [-0.3, -0.25) is 0 Å². The fourth-order valence-electron chi connectivity index (χ4n) is 4.79. The molecule has 0 saturated carbocycles. The molecule has 8 nitrogen and oxygen atoms in total. The Morgan fingerprint density at radius 2 is 1.71 bits per heavy atom. The van der Waals surface area contributed by atoms with Crippen LogP contribution in [-0.4, -0.2) is 41.3 Å². The summed E-state index contributed by atoms with van der Waals surface area (Å²) in [5, 5.41) is 20.0. The highest BCUT2D eigenvalue weighted by atomic mass is 16.4. The smallest absolute Gasteiger partial charge is 0.343 e. The number of aromatic hydroxyl groups is 1. The molecule has 0 aliphatic carbocycles. The Hall–Kier alpha value is -3.65. The van der Waals surface area contributed by atoms with E-state index in [1.807, 2.05) is 37.3 Å². The summed E-state index contributed by atoms with van der Waals surface area (Å²) in [5.41, 5.74) is 12.6. The fourth-order valence-corrected chi connectivity index (χ4v) is 4.79. The molecule has 0 spiro atoms. The van der Waals surface area contributed by atoms with Crippen LogP contribution in [0.15, 0.2) is 74.0 Å². The first-order valence-corrected chi connectivity index (χ1v) is 11.6. The summed E-state index contributed by atoms with van der Waals surface area (Å²) >= 11 is 0. The molecule has 2 aromatic carbocycles. The molecule has 0 amide bonds. The van der Waals surface area contributed by atoms with Crippen LogP contribution >= 0.6 is 0 Å². The van der Waals surface area contributed by atoms with Gasteiger partial charge in [-0.15, -0.1) is 5.10 Å². The normalized spacial score (nSPS) is 16.8. The zero-order chi connectivity index (χ0) is 24.1. The van der Waals surface area contributed by atoms with E-state index in [1.165, 1.54) is 6.42 Å². The standard InChI is InChI=1S/C26H31N5O3/c1-17(29-30-26(27)28)20(16-31-14-8-3-9-15-31)22(18-10-4-2-5-11-18)23-24(32)19-12-6-7-13-21(19)34-25(23)33/h2,4-7,10-13,20,22,32H,3,8-9,14-16H2,1H3,(H4,27,28,30)/b29-17-/t20-,22-/m1/s1. The Morgan fingerprint density at radius 1 is 1.03 bits per heavy atom. The lowest BCUT2D eigenvalue weighted by atomic mass is 9.78. The second kappa shape index (κ2) is 10.5. The van der Waals surface area contributed by atoms with Crippen molar-refractivity contribution in [3.63, 3.8) is 0 Å². The van der Waals surface area contributed by atoms with Crippen LogP contribution in [0, 0.1) is 5.92 Å². The van der Waals surface area contributed by atoms with Crippen LogP contribution in [-0.2, 0) is 0 Å². The molecule has 8 heteroatoms. The second-order valence-corrected chi connectivity index (χ2v) is 8.77. The zero-order valence-electron chi connectivity index (χ0n) is 19.4. The van der Waals surface area contributed by atoms with Gasteiger partial charge in [-0.25, -0.2) is 4.79 Å². The van der Waals surface area contributed by atoms with Crippen molar-refractivity contribution >= 4 is 22.6 Å². The average Bonchev–Trinajstić information content (AvgIpc) is 2.85. The minimum absolute atomic E-state index is 0.0704. The van der Waals surface area contributed by atoms with Crippen LogP contribution in [0.5, 0.6) is 5.75 Å². The van der Waals surface area contributed by atoms with Crippen molar-refractivity contribution in [3.8, 4) is 5.75 Å². The van der Waals surface area contributed by atoms with Crippen molar-refractivity contribution in [2.24, 2.45) is 27.6 Å². The van der Waals surface area contributed by atoms with E-state index in [2.05, 4.69) is 15.1 Å². The van der Waals surface area contributed by atoms with Crippen molar-refractivity contribution in [3.05, 3.63) is 76.1 Å². The third-order valence-corrected chi connectivity index (χ3v) is 6.46. The summed E-state index contributed by atoms with van der Waals surface area (Å²) in [6, 6.07) is 16.7. The van der Waals surface area contributed by atoms with Gasteiger partial charge >= 0.3 is 5.63 Å². The number of nitrogens with zero attached hydrogens (tertiary/aromatic N) is 3. The molecular weight excluding hydrogens is 430 g/mol. The Bertz CT molecular complexity index is 1240. The van der Waals surface area contributed by atoms with E-state index in [1.54, 1.807) is 24.3 Å². The zero-order valence-corrected chi connectivity index (χ0v) is 19.4. The largest absolute Gasteiger partial charge is 0.507 e. The summed E-state index contributed by atoms with van der Waals surface area (Å²) in [5.74, 6) is -1.00. The predicted molar refractivity (Wildman–Crippen MR) is 135 cm³/mol. The molecule has 2 atom stereocenters. The summed E-state index contributed by atoms with van der Waals surface area (Å²) in [6.45, 7) is 4.43. The van der Waals surface area contributed by atoms with Crippen LogP contribution in [0.4, 0.5) is 0 Å². The quantitative estimate of drug-likeness (QED) is 0.214. The Morgan fingerprint density at radius 3 is 2.41 bits per heavy atom. The first kappa shape index (κ1) is 23.5. The minimum atomic E-state index is -0.566. The molecule has 1 fully saturated rings. The lowest BCUT2D eigenvalue weighted by molar-refractivity contribution is 0.207. The number of fused-ring (bicyclic) bond motifs is 1. The topological polar surface area (TPSA) is 130 Å². The van der Waals surface area contributed by atoms with Crippen molar-refractivity contribution in [1.29, 1.82) is 0 Å². The number of para-hydroxylation sites is 1. The number of piperidine rings is 1. The minimum Gasteiger partial charge on any atom is -0.507 e. The van der Waals surface area contributed by atoms with E-state index in [9.17, 15) is 9.90 Å². The van der Waals surface area contributed by atoms with Crippen LogP contribution in [0.3, 0.4) is 0 Å². The van der Waals surface area contributed by atoms with E-state index >= 15 is 0 Å². The molecule has 1 aliphatic heterocycles. The number of nitrogens with two attached hydrogens (primary N) is 2. The highest BCUT2D eigenvalue weighted by molar-refractivity contribution is 5.89. The van der Waals surface area contributed by atoms with E-state index < -0.39 is 11.5 Å². The highest BCUT2D eigenvalue weighted by Gasteiger charge is 2.35. The predicted octanol–water partition coefficient (Wildman–Crippen LogP) is 3.38. The van der Waals surface area contributed by atoms with E-state index in [-0.39, 0.29) is 23.2 Å². The van der Waals surface area contributed by atoms with E-state index in [0.717, 1.165) is 31.5 Å². The number of guanidine groups is 1. The molecule has 0 bridgehead atoms. The monoisotopic (exact) mass is 461 g/mol. The molecule has 1 saturated heterocycles. The molecule has 0 unspecified atom stereocenters. The third kappa shape index (κ3) is 5.12. The van der Waals surface area contributed by atoms with Crippen LogP contribution in [0.25, 0.3) is 11.0 Å². The Balaban J connectivity index is 1.92. The van der Waals surface area contributed by atoms with Gasteiger partial charge in [-0.1, -0.05) is 48.9 Å². The van der Waals surface area contributed by atoms with E-state index in [0.29, 0.717) is 23.2 Å². The fraction of sp³-hybridized carbons (Fsp3) is 0.346. The molecule has 5 N–H and O–H groups in total. The van der Waals surface area contributed by atoms with Crippen LogP contribution in [0.2, 0.25) is 0 Å². The molecule has 178 valence electrons. The van der Waals surface area contributed by atoms with Gasteiger partial charge in [0.2, 0.25) is 5.96 Å². The summed E-state index contributed by atoms with van der Waals surface area (Å²) in [4.78, 5) is 15.7. The molecule has 1 aliphatic rings. The van der Waals surface area contributed by atoms with Crippen LogP contribution < -0.4 is 17.1 Å². The summed E-state index contributed by atoms with van der Waals surface area (Å²) in [7, 11) is 0. The Kier molecular flexibility index (Phi) is 7.27. The molecule has 2 heterocycles. The highest BCUT2D eigenvalue weighted by Crippen LogP contribution is 2.39. The first-order chi connectivity index (χ1) is 16.5. The number of benzene rings is 2. The van der Waals surface area contributed by atoms with Gasteiger partial charge in [-0.2, -0.15) is 5.10 Å². The van der Waals surface area contributed by atoms with Crippen molar-refractivity contribution < 1.29 is 9.52 Å². The number of likely N-dealkylation sites (tertiary alicyclic amines) is 1. The maximum absolute atomic E-state index is 13.3. The molecule has 1 aromatic heterocycles. The molecule has 3 aromatic rings. The first-order valence-electron chi connectivity index (χ1n) is 11.6. The van der Waals surface area contributed by atoms with Gasteiger partial charge in [0, 0.05) is 24.1 Å². The maximum Gasteiger partial charge on any atom is 0.343 e. The number of hydrogen-bond donors (Lipinski definition) is 3. The lowest BCUT2D eigenvalue weighted by Gasteiger charge is -2.34. The molecule has 4 rings (SSSR count). The van der Waals surface area contributed by atoms with Crippen molar-refractivity contribution in [2.75, 3.05) is 19.6 Å². The number of rotatable bonds is 7. The van der Waals surface area contributed by atoms with Gasteiger partial charge in [0.25, 0.3) is 0 Å². The third-order valence-electron chi connectivity index (χ3n) is 6.46. The SMILES string of the molecule is C/C(=N/N=C(N)N)[C@@H](CN1CCCCC1)[C@@H](c1ccccc1)c1c(O)c2ccccc2oc1=O. The Labute approximate surface area is 198 Å². The van der Waals surface area contributed by atoms with Crippen molar-refractivity contribution in [1.82, 2.24) is 4.90 Å². The van der Waals surface area contributed by atoms with Gasteiger partial charge in [0.05, 0.1) is 10.9 Å².